The number of esters is 2. The van der Waals surface area contributed by atoms with E-state index in [0.29, 0.717) is 12.0 Å². The first-order valence-corrected chi connectivity index (χ1v) is 17.9. The molecule has 2 aliphatic heterocycles. The molecule has 0 saturated carbocycles. The largest absolute Gasteiger partial charge is 0.490 e. The van der Waals surface area contributed by atoms with Gasteiger partial charge >= 0.3 is 17.9 Å². The van der Waals surface area contributed by atoms with Crippen molar-refractivity contribution < 1.29 is 58.5 Å². The van der Waals surface area contributed by atoms with E-state index in [-0.39, 0.29) is 48.9 Å². The van der Waals surface area contributed by atoms with Crippen LogP contribution in [0.15, 0.2) is 47.3 Å². The van der Waals surface area contributed by atoms with Gasteiger partial charge in [-0.25, -0.2) is 4.79 Å². The molecule has 12 atom stereocenters. The summed E-state index contributed by atoms with van der Waals surface area (Å²) in [6.45, 7) is 16.3. The third-order valence-electron chi connectivity index (χ3n) is 10.4. The zero-order chi connectivity index (χ0) is 38.8. The first-order valence-electron chi connectivity index (χ1n) is 17.9. The summed E-state index contributed by atoms with van der Waals surface area (Å²) < 4.78 is 28.9. The Bertz CT molecular complexity index is 1300. The molecule has 2 heterocycles. The maximum Gasteiger partial charge on any atom is 0.373 e. The molecule has 0 bridgehead atoms. The van der Waals surface area contributed by atoms with Crippen LogP contribution in [0.2, 0.25) is 0 Å². The molecular formula is C39H62O12. The second-order valence-electron chi connectivity index (χ2n) is 14.9. The third-order valence-corrected chi connectivity index (χ3v) is 10.4. The molecule has 51 heavy (non-hydrogen) atoms. The van der Waals surface area contributed by atoms with E-state index in [0.717, 1.165) is 5.57 Å². The minimum atomic E-state index is -2.00. The van der Waals surface area contributed by atoms with Gasteiger partial charge < -0.3 is 44.1 Å². The first-order chi connectivity index (χ1) is 23.8. The average Bonchev–Trinajstić information content (AvgIpc) is 3.06. The van der Waals surface area contributed by atoms with Crippen LogP contribution in [-0.4, -0.2) is 95.5 Å². The van der Waals surface area contributed by atoms with E-state index >= 15 is 0 Å². The predicted molar refractivity (Wildman–Crippen MR) is 191 cm³/mol. The Morgan fingerprint density at radius 1 is 1.08 bits per heavy atom. The SMILES string of the molecule is CO/C1=C\C(C)=C\[C@@H](C)[C@@H](O)[C@@H](C)C/C(C)=C/C=C/[C@H](OC)[C@@H]([C@@H](C)[C@@H](O)[C@H](C)[C@@]2(O)C[C@@H](C(=O)OCCC(=O)O)[C@H](C)[C@@H](C(C)C)O2)OC1=O. The Morgan fingerprint density at radius 3 is 2.29 bits per heavy atom. The number of hydrogen-bond acceptors (Lipinski definition) is 11. The van der Waals surface area contributed by atoms with Gasteiger partial charge in [0.05, 0.1) is 37.8 Å². The van der Waals surface area contributed by atoms with Gasteiger partial charge in [-0.3, -0.25) is 9.59 Å². The summed E-state index contributed by atoms with van der Waals surface area (Å²) in [5, 5.41) is 43.9. The monoisotopic (exact) mass is 722 g/mol. The number of rotatable bonds is 11. The number of carbonyl (C=O) groups is 3. The van der Waals surface area contributed by atoms with Crippen LogP contribution in [-0.2, 0) is 38.1 Å². The predicted octanol–water partition coefficient (Wildman–Crippen LogP) is 4.97. The molecule has 2 rings (SSSR count). The lowest BCUT2D eigenvalue weighted by atomic mass is 9.72. The highest BCUT2D eigenvalue weighted by atomic mass is 16.6. The summed E-state index contributed by atoms with van der Waals surface area (Å²) in [5.41, 5.74) is 1.70. The molecule has 0 aromatic heterocycles. The van der Waals surface area contributed by atoms with Crippen molar-refractivity contribution in [3.8, 4) is 0 Å². The fourth-order valence-electron chi connectivity index (χ4n) is 7.21. The molecule has 0 amide bonds. The maximum atomic E-state index is 13.6. The molecule has 0 radical (unpaired) electrons. The third kappa shape index (κ3) is 12.0. The van der Waals surface area contributed by atoms with Crippen molar-refractivity contribution >= 4 is 17.9 Å². The number of aliphatic carboxylic acids is 1. The number of allylic oxidation sites excluding steroid dienone is 5. The van der Waals surface area contributed by atoms with Gasteiger partial charge in [0.15, 0.2) is 5.79 Å². The van der Waals surface area contributed by atoms with E-state index in [4.69, 9.17) is 28.8 Å². The lowest BCUT2D eigenvalue weighted by molar-refractivity contribution is -0.322. The van der Waals surface area contributed by atoms with Crippen molar-refractivity contribution in [2.24, 2.45) is 41.4 Å². The molecule has 0 unspecified atom stereocenters. The summed E-state index contributed by atoms with van der Waals surface area (Å²) in [4.78, 5) is 37.8. The summed E-state index contributed by atoms with van der Waals surface area (Å²) in [7, 11) is 2.81. The van der Waals surface area contributed by atoms with E-state index in [1.165, 1.54) is 20.3 Å². The zero-order valence-corrected chi connectivity index (χ0v) is 32.2. The van der Waals surface area contributed by atoms with Gasteiger partial charge in [0, 0.05) is 31.3 Å². The van der Waals surface area contributed by atoms with Gasteiger partial charge in [-0.05, 0) is 44.1 Å². The van der Waals surface area contributed by atoms with Crippen molar-refractivity contribution in [3.05, 3.63) is 47.3 Å². The first kappa shape index (κ1) is 44.1. The number of aliphatic hydroxyl groups excluding tert-OH is 2. The maximum absolute atomic E-state index is 13.6. The van der Waals surface area contributed by atoms with Crippen molar-refractivity contribution in [1.29, 1.82) is 0 Å². The van der Waals surface area contributed by atoms with Crippen molar-refractivity contribution in [3.63, 3.8) is 0 Å². The Morgan fingerprint density at radius 2 is 1.73 bits per heavy atom. The van der Waals surface area contributed by atoms with Gasteiger partial charge in [-0.2, -0.15) is 0 Å². The van der Waals surface area contributed by atoms with Crippen LogP contribution >= 0.6 is 0 Å². The number of methoxy groups -OCH3 is 2. The normalized spacial score (nSPS) is 36.9. The molecule has 0 aliphatic carbocycles. The molecular weight excluding hydrogens is 660 g/mol. The molecule has 2 aliphatic rings. The molecule has 0 aromatic rings. The summed E-state index contributed by atoms with van der Waals surface area (Å²) in [6, 6.07) is 0. The van der Waals surface area contributed by atoms with Gasteiger partial charge in [-0.15, -0.1) is 0 Å². The van der Waals surface area contributed by atoms with Crippen LogP contribution < -0.4 is 0 Å². The van der Waals surface area contributed by atoms with E-state index in [1.54, 1.807) is 32.9 Å². The van der Waals surface area contributed by atoms with Gasteiger partial charge in [0.25, 0.3) is 0 Å². The number of carbonyl (C=O) groups excluding carboxylic acids is 2. The van der Waals surface area contributed by atoms with Gasteiger partial charge in [0.2, 0.25) is 5.76 Å². The highest BCUT2D eigenvalue weighted by Gasteiger charge is 2.54. The fourth-order valence-corrected chi connectivity index (χ4v) is 7.21. The van der Waals surface area contributed by atoms with E-state index in [1.807, 2.05) is 53.7 Å². The Balaban J connectivity index is 2.54. The van der Waals surface area contributed by atoms with Crippen molar-refractivity contribution in [2.75, 3.05) is 20.8 Å². The standard InChI is InChI=1S/C39H62O12/c1-21(2)35-26(7)29(37(44)49-16-15-32(40)41)20-39(46,51-35)28(9)34(43)27(8)36-30(47-10)14-12-13-22(3)17-24(5)33(42)25(6)18-23(4)19-31(48-11)38(45)50-36/h12-14,18-19,21,24-30,33-36,42-43,46H,15-17,20H2,1-11H3,(H,40,41)/b14-12+,22-13+,23-18+,31-19-/t24-,25+,26-,27-,28-,29+,30-,33-,34+,35+,36+,39+/m0/s1. The van der Waals surface area contributed by atoms with Crippen LogP contribution in [0.5, 0.6) is 0 Å². The number of carboxylic acid groups (broad SMARTS) is 1. The summed E-state index contributed by atoms with van der Waals surface area (Å²) in [5.74, 6) is -8.07. The number of ether oxygens (including phenoxy) is 5. The van der Waals surface area contributed by atoms with E-state index in [9.17, 15) is 29.7 Å². The highest BCUT2D eigenvalue weighted by molar-refractivity contribution is 5.87. The zero-order valence-electron chi connectivity index (χ0n) is 32.2. The second-order valence-corrected chi connectivity index (χ2v) is 14.9. The van der Waals surface area contributed by atoms with Crippen LogP contribution in [0.3, 0.4) is 0 Å². The molecule has 290 valence electrons. The molecule has 0 aromatic carbocycles. The van der Waals surface area contributed by atoms with Crippen molar-refractivity contribution in [1.82, 2.24) is 0 Å². The lowest BCUT2D eigenvalue weighted by Crippen LogP contribution is -2.59. The molecule has 12 nitrogen and oxygen atoms in total. The van der Waals surface area contributed by atoms with Crippen LogP contribution in [0.4, 0.5) is 0 Å². The Hall–Kier alpha value is -3.03. The molecule has 1 saturated heterocycles. The number of cyclic esters (lactones) is 1. The number of aliphatic hydroxyl groups is 3. The number of carboxylic acids is 1. The lowest BCUT2D eigenvalue weighted by Gasteiger charge is -2.50. The van der Waals surface area contributed by atoms with Crippen LogP contribution in [0, 0.1) is 41.4 Å². The minimum Gasteiger partial charge on any atom is -0.490 e. The average molecular weight is 723 g/mol. The van der Waals surface area contributed by atoms with Gasteiger partial charge in [-0.1, -0.05) is 83.9 Å². The quantitative estimate of drug-likeness (QED) is 0.211. The summed E-state index contributed by atoms with van der Waals surface area (Å²) >= 11 is 0. The molecule has 0 spiro atoms. The summed E-state index contributed by atoms with van der Waals surface area (Å²) in [6.07, 6.45) is 4.42. The Labute approximate surface area is 303 Å². The Kier molecular flexibility index (Phi) is 17.1. The van der Waals surface area contributed by atoms with Crippen LogP contribution in [0.25, 0.3) is 0 Å². The molecule has 12 heteroatoms. The minimum absolute atomic E-state index is 0.0441. The second kappa shape index (κ2) is 19.7. The fraction of sp³-hybridized carbons (Fsp3) is 0.718. The number of hydrogen-bond donors (Lipinski definition) is 4. The van der Waals surface area contributed by atoms with Crippen LogP contribution in [0.1, 0.15) is 81.6 Å². The van der Waals surface area contributed by atoms with Crippen molar-refractivity contribution in [2.45, 2.75) is 118 Å². The van der Waals surface area contributed by atoms with E-state index < -0.39 is 72.0 Å². The van der Waals surface area contributed by atoms with Gasteiger partial charge in [0.1, 0.15) is 18.8 Å². The topological polar surface area (TPSA) is 178 Å². The molecule has 1 fully saturated rings. The highest BCUT2D eigenvalue weighted by Crippen LogP contribution is 2.44. The van der Waals surface area contributed by atoms with E-state index in [2.05, 4.69) is 0 Å². The smallest absolute Gasteiger partial charge is 0.373 e. The molecule has 4 N–H and O–H groups in total.